The Hall–Kier alpha value is -1.56. The zero-order valence-electron chi connectivity index (χ0n) is 11.1. The standard InChI is InChI=1S/C12H20N4O2/c1-8(15(2)9-4-5-9)6-16-7-14-10(11(16)13)12(17)18-3/h7-9H,4-6,13H2,1-3H3. The van der Waals surface area contributed by atoms with Gasteiger partial charge in [-0.1, -0.05) is 0 Å². The summed E-state index contributed by atoms with van der Waals surface area (Å²) in [6, 6.07) is 1.06. The highest BCUT2D eigenvalue weighted by molar-refractivity contribution is 5.92. The van der Waals surface area contributed by atoms with Gasteiger partial charge in [-0.25, -0.2) is 9.78 Å². The maximum absolute atomic E-state index is 11.4. The molecule has 0 saturated heterocycles. The third-order valence-electron chi connectivity index (χ3n) is 3.54. The summed E-state index contributed by atoms with van der Waals surface area (Å²) in [5.41, 5.74) is 6.09. The number of methoxy groups -OCH3 is 1. The Bertz CT molecular complexity index is 439. The van der Waals surface area contributed by atoms with E-state index in [2.05, 4.69) is 28.6 Å². The highest BCUT2D eigenvalue weighted by Gasteiger charge is 2.29. The molecule has 0 spiro atoms. The molecule has 0 aromatic carbocycles. The predicted molar refractivity (Wildman–Crippen MR) is 68.2 cm³/mol. The normalized spacial score (nSPS) is 16.9. The topological polar surface area (TPSA) is 73.4 Å². The second-order valence-electron chi connectivity index (χ2n) is 4.87. The first-order valence-corrected chi connectivity index (χ1v) is 6.15. The Morgan fingerprint density at radius 3 is 2.94 bits per heavy atom. The van der Waals surface area contributed by atoms with Crippen molar-refractivity contribution in [3.63, 3.8) is 0 Å². The second kappa shape index (κ2) is 4.97. The quantitative estimate of drug-likeness (QED) is 0.782. The average molecular weight is 252 g/mol. The van der Waals surface area contributed by atoms with Gasteiger partial charge in [0.05, 0.1) is 13.4 Å². The molecule has 100 valence electrons. The molecule has 1 aliphatic rings. The van der Waals surface area contributed by atoms with Gasteiger partial charge in [0, 0.05) is 18.6 Å². The van der Waals surface area contributed by atoms with Crippen molar-refractivity contribution in [2.75, 3.05) is 19.9 Å². The maximum Gasteiger partial charge on any atom is 0.360 e. The van der Waals surface area contributed by atoms with Gasteiger partial charge in [0.2, 0.25) is 0 Å². The minimum Gasteiger partial charge on any atom is -0.464 e. The zero-order chi connectivity index (χ0) is 13.3. The van der Waals surface area contributed by atoms with Crippen LogP contribution in [0.5, 0.6) is 0 Å². The molecule has 0 radical (unpaired) electrons. The maximum atomic E-state index is 11.4. The molecule has 0 bridgehead atoms. The lowest BCUT2D eigenvalue weighted by Crippen LogP contribution is -2.34. The first-order chi connectivity index (χ1) is 8.54. The van der Waals surface area contributed by atoms with E-state index in [0.717, 1.165) is 6.54 Å². The molecule has 1 fully saturated rings. The van der Waals surface area contributed by atoms with Crippen molar-refractivity contribution in [3.05, 3.63) is 12.0 Å². The molecular formula is C12H20N4O2. The molecule has 2 rings (SSSR count). The van der Waals surface area contributed by atoms with Crippen molar-refractivity contribution < 1.29 is 9.53 Å². The Morgan fingerprint density at radius 1 is 1.72 bits per heavy atom. The molecule has 6 heteroatoms. The van der Waals surface area contributed by atoms with Crippen LogP contribution in [0.2, 0.25) is 0 Å². The van der Waals surface area contributed by atoms with Crippen LogP contribution in [0.15, 0.2) is 6.33 Å². The Morgan fingerprint density at radius 2 is 2.39 bits per heavy atom. The third kappa shape index (κ3) is 2.48. The molecule has 1 aromatic rings. The summed E-state index contributed by atoms with van der Waals surface area (Å²) in [5.74, 6) is -0.118. The van der Waals surface area contributed by atoms with Crippen molar-refractivity contribution in [1.29, 1.82) is 0 Å². The van der Waals surface area contributed by atoms with Crippen molar-refractivity contribution in [3.8, 4) is 0 Å². The summed E-state index contributed by atoms with van der Waals surface area (Å²) in [4.78, 5) is 17.7. The van der Waals surface area contributed by atoms with Gasteiger partial charge in [-0.2, -0.15) is 0 Å². The van der Waals surface area contributed by atoms with Crippen LogP contribution < -0.4 is 5.73 Å². The van der Waals surface area contributed by atoms with Gasteiger partial charge in [0.15, 0.2) is 5.69 Å². The van der Waals surface area contributed by atoms with Crippen LogP contribution in [-0.4, -0.2) is 46.7 Å². The van der Waals surface area contributed by atoms with Gasteiger partial charge in [-0.3, -0.25) is 4.90 Å². The van der Waals surface area contributed by atoms with Crippen molar-refractivity contribution in [1.82, 2.24) is 14.5 Å². The second-order valence-corrected chi connectivity index (χ2v) is 4.87. The van der Waals surface area contributed by atoms with Crippen molar-refractivity contribution >= 4 is 11.8 Å². The summed E-state index contributed by atoms with van der Waals surface area (Å²) in [6.07, 6.45) is 4.14. The number of hydrogen-bond acceptors (Lipinski definition) is 5. The van der Waals surface area contributed by atoms with Gasteiger partial charge in [0.25, 0.3) is 0 Å². The highest BCUT2D eigenvalue weighted by atomic mass is 16.5. The Kier molecular flexibility index (Phi) is 3.56. The molecule has 0 amide bonds. The largest absolute Gasteiger partial charge is 0.464 e. The minimum absolute atomic E-state index is 0.193. The highest BCUT2D eigenvalue weighted by Crippen LogP contribution is 2.27. The fourth-order valence-corrected chi connectivity index (χ4v) is 2.05. The van der Waals surface area contributed by atoms with E-state index in [9.17, 15) is 4.79 Å². The van der Waals surface area contributed by atoms with E-state index < -0.39 is 5.97 Å². The fourth-order valence-electron chi connectivity index (χ4n) is 2.05. The molecule has 1 aliphatic carbocycles. The number of aromatic nitrogens is 2. The number of nitrogens with two attached hydrogens (primary N) is 1. The lowest BCUT2D eigenvalue weighted by atomic mass is 10.3. The van der Waals surface area contributed by atoms with E-state index in [-0.39, 0.29) is 5.69 Å². The van der Waals surface area contributed by atoms with Crippen LogP contribution in [0, 0.1) is 0 Å². The Labute approximate surface area is 107 Å². The van der Waals surface area contributed by atoms with E-state index in [1.54, 1.807) is 10.9 Å². The first-order valence-electron chi connectivity index (χ1n) is 6.15. The van der Waals surface area contributed by atoms with Gasteiger partial charge in [-0.05, 0) is 26.8 Å². The average Bonchev–Trinajstić information content (AvgIpc) is 3.14. The summed E-state index contributed by atoms with van der Waals surface area (Å²) in [6.45, 7) is 2.87. The van der Waals surface area contributed by atoms with E-state index >= 15 is 0 Å². The number of hydrogen-bond donors (Lipinski definition) is 1. The number of likely N-dealkylation sites (N-methyl/N-ethyl adjacent to an activating group) is 1. The molecular weight excluding hydrogens is 232 g/mol. The number of anilines is 1. The zero-order valence-corrected chi connectivity index (χ0v) is 11.1. The monoisotopic (exact) mass is 252 g/mol. The lowest BCUT2D eigenvalue weighted by molar-refractivity contribution is 0.0596. The summed E-state index contributed by atoms with van der Waals surface area (Å²) >= 11 is 0. The summed E-state index contributed by atoms with van der Waals surface area (Å²) in [7, 11) is 3.45. The van der Waals surface area contributed by atoms with Crippen molar-refractivity contribution in [2.45, 2.75) is 38.4 Å². The van der Waals surface area contributed by atoms with Gasteiger partial charge >= 0.3 is 5.97 Å². The summed E-state index contributed by atoms with van der Waals surface area (Å²) in [5, 5.41) is 0. The Balaban J connectivity index is 2.05. The van der Waals surface area contributed by atoms with Crippen LogP contribution >= 0.6 is 0 Å². The number of ether oxygens (including phenoxy) is 1. The van der Waals surface area contributed by atoms with Crippen LogP contribution in [-0.2, 0) is 11.3 Å². The van der Waals surface area contributed by atoms with Crippen molar-refractivity contribution in [2.24, 2.45) is 0 Å². The number of nitrogen functional groups attached to an aromatic ring is 1. The molecule has 1 saturated carbocycles. The van der Waals surface area contributed by atoms with Crippen LogP contribution in [0.25, 0.3) is 0 Å². The molecule has 2 N–H and O–H groups in total. The molecule has 6 nitrogen and oxygen atoms in total. The molecule has 1 atom stereocenters. The smallest absolute Gasteiger partial charge is 0.360 e. The molecule has 1 heterocycles. The number of esters is 1. The van der Waals surface area contributed by atoms with Gasteiger partial charge in [0.1, 0.15) is 5.82 Å². The number of nitrogens with zero attached hydrogens (tertiary/aromatic N) is 3. The molecule has 18 heavy (non-hydrogen) atoms. The molecule has 1 unspecified atom stereocenters. The van der Waals surface area contributed by atoms with Gasteiger partial charge < -0.3 is 15.0 Å². The van der Waals surface area contributed by atoms with Crippen LogP contribution in [0.4, 0.5) is 5.82 Å². The predicted octanol–water partition coefficient (Wildman–Crippen LogP) is 0.735. The van der Waals surface area contributed by atoms with E-state index in [1.807, 2.05) is 0 Å². The SMILES string of the molecule is COC(=O)c1ncn(CC(C)N(C)C2CC2)c1N. The molecule has 0 aliphatic heterocycles. The molecule has 1 aromatic heterocycles. The third-order valence-corrected chi connectivity index (χ3v) is 3.54. The lowest BCUT2D eigenvalue weighted by Gasteiger charge is -2.25. The number of carbonyl (C=O) groups excluding carboxylic acids is 1. The van der Waals surface area contributed by atoms with Crippen LogP contribution in [0.1, 0.15) is 30.3 Å². The van der Waals surface area contributed by atoms with E-state index in [4.69, 9.17) is 5.73 Å². The van der Waals surface area contributed by atoms with E-state index in [1.165, 1.54) is 20.0 Å². The summed E-state index contributed by atoms with van der Waals surface area (Å²) < 4.78 is 6.43. The van der Waals surface area contributed by atoms with Gasteiger partial charge in [-0.15, -0.1) is 0 Å². The number of imidazole rings is 1. The first kappa shape index (κ1) is 12.9. The fraction of sp³-hybridized carbons (Fsp3) is 0.667. The minimum atomic E-state index is -0.491. The van der Waals surface area contributed by atoms with E-state index in [0.29, 0.717) is 17.9 Å². The van der Waals surface area contributed by atoms with Crippen LogP contribution in [0.3, 0.4) is 0 Å². The number of carbonyl (C=O) groups is 1. The number of rotatable bonds is 5.